The van der Waals surface area contributed by atoms with Gasteiger partial charge in [0.15, 0.2) is 0 Å². The van der Waals surface area contributed by atoms with E-state index in [2.05, 4.69) is 13.0 Å². The maximum absolute atomic E-state index is 2.60. The van der Waals surface area contributed by atoms with E-state index in [1.165, 1.54) is 64.2 Å². The number of hydrogen-bond donors (Lipinski definition) is 0. The van der Waals surface area contributed by atoms with E-state index < -0.39 is 0 Å². The van der Waals surface area contributed by atoms with E-state index in [0.29, 0.717) is 5.41 Å². The molecule has 0 spiro atoms. The van der Waals surface area contributed by atoms with Crippen LogP contribution in [0.25, 0.3) is 0 Å². The molecule has 3 atom stereocenters. The highest BCUT2D eigenvalue weighted by molar-refractivity contribution is 5.42. The molecule has 4 aliphatic rings. The van der Waals surface area contributed by atoms with Crippen molar-refractivity contribution in [3.05, 3.63) is 22.8 Å². The molecule has 18 heavy (non-hydrogen) atoms. The zero-order chi connectivity index (χ0) is 12.2. The molecule has 0 bridgehead atoms. The molecule has 98 valence electrons. The predicted octanol–water partition coefficient (Wildman–Crippen LogP) is 5.40. The van der Waals surface area contributed by atoms with Crippen LogP contribution in [-0.2, 0) is 0 Å². The van der Waals surface area contributed by atoms with Crippen LogP contribution >= 0.6 is 0 Å². The summed E-state index contributed by atoms with van der Waals surface area (Å²) < 4.78 is 0. The van der Waals surface area contributed by atoms with E-state index in [1.54, 1.807) is 5.57 Å². The summed E-state index contributed by atoms with van der Waals surface area (Å²) in [5.41, 5.74) is 6.24. The second-order valence-corrected chi connectivity index (χ2v) is 7.42. The highest BCUT2D eigenvalue weighted by atomic mass is 14.5. The summed E-state index contributed by atoms with van der Waals surface area (Å²) >= 11 is 0. The fraction of sp³-hybridized carbons (Fsp3) is 0.778. The van der Waals surface area contributed by atoms with Gasteiger partial charge in [0.05, 0.1) is 0 Å². The molecule has 0 aliphatic heterocycles. The Bertz CT molecular complexity index is 425. The molecule has 0 N–H and O–H groups in total. The van der Waals surface area contributed by atoms with Gasteiger partial charge >= 0.3 is 0 Å². The van der Waals surface area contributed by atoms with E-state index in [0.717, 1.165) is 11.8 Å². The Hall–Kier alpha value is -0.520. The van der Waals surface area contributed by atoms with Crippen molar-refractivity contribution in [3.8, 4) is 0 Å². The number of hydrogen-bond acceptors (Lipinski definition) is 0. The lowest BCUT2D eigenvalue weighted by atomic mass is 9.58. The second-order valence-electron chi connectivity index (χ2n) is 7.42. The predicted molar refractivity (Wildman–Crippen MR) is 76.4 cm³/mol. The topological polar surface area (TPSA) is 0 Å². The first-order valence-electron chi connectivity index (χ1n) is 8.19. The van der Waals surface area contributed by atoms with Crippen LogP contribution in [0.4, 0.5) is 0 Å². The van der Waals surface area contributed by atoms with E-state index in [4.69, 9.17) is 0 Å². The third-order valence-corrected chi connectivity index (χ3v) is 6.58. The van der Waals surface area contributed by atoms with Gasteiger partial charge in [0, 0.05) is 0 Å². The minimum Gasteiger partial charge on any atom is -0.0810 e. The first-order chi connectivity index (χ1) is 8.78. The van der Waals surface area contributed by atoms with Crippen molar-refractivity contribution in [3.63, 3.8) is 0 Å². The van der Waals surface area contributed by atoms with Crippen molar-refractivity contribution >= 4 is 0 Å². The molecule has 0 heteroatoms. The average Bonchev–Trinajstić information content (AvgIpc) is 2.80. The van der Waals surface area contributed by atoms with Gasteiger partial charge in [-0.15, -0.1) is 0 Å². The normalized spacial score (nSPS) is 43.1. The van der Waals surface area contributed by atoms with Crippen LogP contribution < -0.4 is 0 Å². The fourth-order valence-electron chi connectivity index (χ4n) is 5.63. The van der Waals surface area contributed by atoms with Gasteiger partial charge in [0.1, 0.15) is 0 Å². The smallest absolute Gasteiger partial charge is 0.0161 e. The number of allylic oxidation sites excluding steroid dienone is 4. The van der Waals surface area contributed by atoms with Crippen LogP contribution in [0, 0.1) is 17.3 Å². The molecular weight excluding hydrogens is 216 g/mol. The van der Waals surface area contributed by atoms with Crippen molar-refractivity contribution < 1.29 is 0 Å². The van der Waals surface area contributed by atoms with Gasteiger partial charge < -0.3 is 0 Å². The standard InChI is InChI=1S/C18H26/c1-18-11-4-7-17(18)16-9-8-13-5-2-3-6-14(13)15(16)10-12-18/h5,16-17H,2-4,6-12H2,1H3/t16?,17?,18-/m0/s1. The van der Waals surface area contributed by atoms with E-state index in [1.807, 2.05) is 11.1 Å². The molecule has 4 rings (SSSR count). The molecule has 0 aromatic carbocycles. The highest BCUT2D eigenvalue weighted by Crippen LogP contribution is 2.59. The molecule has 0 nitrogen and oxygen atoms in total. The van der Waals surface area contributed by atoms with E-state index in [-0.39, 0.29) is 0 Å². The zero-order valence-electron chi connectivity index (χ0n) is 11.8. The minimum absolute atomic E-state index is 0.713. The fourth-order valence-corrected chi connectivity index (χ4v) is 5.63. The molecule has 0 aromatic rings. The Balaban J connectivity index is 1.75. The van der Waals surface area contributed by atoms with E-state index >= 15 is 0 Å². The summed E-state index contributed by atoms with van der Waals surface area (Å²) in [5, 5.41) is 0. The van der Waals surface area contributed by atoms with Gasteiger partial charge in [0.2, 0.25) is 0 Å². The summed E-state index contributed by atoms with van der Waals surface area (Å²) in [5.74, 6) is 2.02. The lowest BCUT2D eigenvalue weighted by Gasteiger charge is -2.47. The first-order valence-corrected chi connectivity index (χ1v) is 8.19. The van der Waals surface area contributed by atoms with Crippen LogP contribution in [0.5, 0.6) is 0 Å². The summed E-state index contributed by atoms with van der Waals surface area (Å²) in [7, 11) is 0. The summed E-state index contributed by atoms with van der Waals surface area (Å²) in [6, 6.07) is 0. The Labute approximate surface area is 112 Å². The van der Waals surface area contributed by atoms with Crippen molar-refractivity contribution in [1.29, 1.82) is 0 Å². The van der Waals surface area contributed by atoms with Gasteiger partial charge in [-0.25, -0.2) is 0 Å². The third kappa shape index (κ3) is 1.50. The van der Waals surface area contributed by atoms with Gasteiger partial charge in [-0.1, -0.05) is 25.0 Å². The average molecular weight is 242 g/mol. The zero-order valence-corrected chi connectivity index (χ0v) is 11.8. The molecule has 2 fully saturated rings. The highest BCUT2D eigenvalue weighted by Gasteiger charge is 2.48. The monoisotopic (exact) mass is 242 g/mol. The van der Waals surface area contributed by atoms with Crippen molar-refractivity contribution in [2.75, 3.05) is 0 Å². The van der Waals surface area contributed by atoms with Crippen molar-refractivity contribution in [2.24, 2.45) is 17.3 Å². The third-order valence-electron chi connectivity index (χ3n) is 6.58. The largest absolute Gasteiger partial charge is 0.0810 e. The molecule has 0 amide bonds. The Morgan fingerprint density at radius 2 is 2.00 bits per heavy atom. The Morgan fingerprint density at radius 1 is 1.06 bits per heavy atom. The molecular formula is C18H26. The number of rotatable bonds is 0. The van der Waals surface area contributed by atoms with Crippen LogP contribution in [0.2, 0.25) is 0 Å². The van der Waals surface area contributed by atoms with Crippen LogP contribution in [0.1, 0.15) is 71.1 Å². The molecule has 0 saturated heterocycles. The van der Waals surface area contributed by atoms with Crippen LogP contribution in [0.15, 0.2) is 22.8 Å². The number of fused-ring (bicyclic) bond motifs is 4. The maximum atomic E-state index is 2.60. The Kier molecular flexibility index (Phi) is 2.51. The van der Waals surface area contributed by atoms with Crippen molar-refractivity contribution in [1.82, 2.24) is 0 Å². The van der Waals surface area contributed by atoms with Gasteiger partial charge in [-0.3, -0.25) is 0 Å². The van der Waals surface area contributed by atoms with E-state index in [9.17, 15) is 0 Å². The van der Waals surface area contributed by atoms with Gasteiger partial charge in [-0.2, -0.15) is 0 Å². The minimum atomic E-state index is 0.713. The molecule has 0 radical (unpaired) electrons. The molecule has 2 saturated carbocycles. The van der Waals surface area contributed by atoms with Gasteiger partial charge in [0.25, 0.3) is 0 Å². The second kappa shape index (κ2) is 3.99. The van der Waals surface area contributed by atoms with Crippen LogP contribution in [-0.4, -0.2) is 0 Å². The van der Waals surface area contributed by atoms with Crippen LogP contribution in [0.3, 0.4) is 0 Å². The molecule has 0 aromatic heterocycles. The summed E-state index contributed by atoms with van der Waals surface area (Å²) in [6.07, 6.45) is 17.1. The quantitative estimate of drug-likeness (QED) is 0.533. The lowest BCUT2D eigenvalue weighted by molar-refractivity contribution is 0.118. The Morgan fingerprint density at radius 3 is 2.94 bits per heavy atom. The summed E-state index contributed by atoms with van der Waals surface area (Å²) in [6.45, 7) is 2.60. The molecule has 2 unspecified atom stereocenters. The molecule has 4 aliphatic carbocycles. The molecule has 0 heterocycles. The SMILES string of the molecule is C[C@@]12CCCC1C1CCC3=CCCCC3=C1CC2. The van der Waals surface area contributed by atoms with Gasteiger partial charge in [-0.05, 0) is 86.2 Å². The lowest BCUT2D eigenvalue weighted by Crippen LogP contribution is -2.36. The maximum Gasteiger partial charge on any atom is -0.0161 e. The van der Waals surface area contributed by atoms with Crippen molar-refractivity contribution in [2.45, 2.75) is 71.1 Å². The first kappa shape index (κ1) is 11.3. The summed E-state index contributed by atoms with van der Waals surface area (Å²) in [4.78, 5) is 0.